The molecule has 100 valence electrons. The number of nitrogens with zero attached hydrogens (tertiary/aromatic N) is 2. The molecule has 1 unspecified atom stereocenters. The third-order valence-electron chi connectivity index (χ3n) is 4.11. The van der Waals surface area contributed by atoms with E-state index < -0.39 is 5.97 Å². The van der Waals surface area contributed by atoms with Gasteiger partial charge in [0.1, 0.15) is 0 Å². The summed E-state index contributed by atoms with van der Waals surface area (Å²) in [5.41, 5.74) is -0.157. The number of carbonyl (C=O) groups is 1. The molecule has 17 heavy (non-hydrogen) atoms. The monoisotopic (exact) mass is 242 g/mol. The largest absolute Gasteiger partial charge is 0.481 e. The highest BCUT2D eigenvalue weighted by Crippen LogP contribution is 2.31. The van der Waals surface area contributed by atoms with E-state index in [4.69, 9.17) is 5.11 Å². The number of likely N-dealkylation sites (tertiary alicyclic amines) is 1. The topological polar surface area (TPSA) is 43.8 Å². The zero-order valence-electron chi connectivity index (χ0n) is 11.6. The Hall–Kier alpha value is -0.610. The van der Waals surface area contributed by atoms with Crippen molar-refractivity contribution in [3.05, 3.63) is 0 Å². The van der Waals surface area contributed by atoms with Gasteiger partial charge < -0.3 is 14.9 Å². The molecule has 0 saturated carbocycles. The molecule has 0 spiro atoms. The minimum atomic E-state index is -0.684. The van der Waals surface area contributed by atoms with Crippen molar-refractivity contribution < 1.29 is 9.90 Å². The van der Waals surface area contributed by atoms with Crippen LogP contribution in [0.5, 0.6) is 0 Å². The third kappa shape index (κ3) is 3.68. The van der Waals surface area contributed by atoms with Gasteiger partial charge in [-0.05, 0) is 53.8 Å². The average molecular weight is 242 g/mol. The fourth-order valence-electron chi connectivity index (χ4n) is 2.78. The van der Waals surface area contributed by atoms with E-state index in [2.05, 4.69) is 23.6 Å². The Morgan fingerprint density at radius 1 is 1.35 bits per heavy atom. The van der Waals surface area contributed by atoms with Gasteiger partial charge in [-0.25, -0.2) is 0 Å². The van der Waals surface area contributed by atoms with Gasteiger partial charge in [0.05, 0.1) is 6.42 Å². The number of hydrogen-bond acceptors (Lipinski definition) is 3. The molecule has 0 aromatic heterocycles. The lowest BCUT2D eigenvalue weighted by molar-refractivity contribution is -0.140. The summed E-state index contributed by atoms with van der Waals surface area (Å²) in [6.45, 7) is 6.51. The van der Waals surface area contributed by atoms with Gasteiger partial charge in [0.25, 0.3) is 0 Å². The van der Waals surface area contributed by atoms with Crippen molar-refractivity contribution in [2.75, 3.05) is 27.2 Å². The molecule has 0 aromatic rings. The molecule has 1 heterocycles. The van der Waals surface area contributed by atoms with Gasteiger partial charge in [0.15, 0.2) is 0 Å². The quantitative estimate of drug-likeness (QED) is 0.814. The zero-order valence-corrected chi connectivity index (χ0v) is 11.6. The highest BCUT2D eigenvalue weighted by Gasteiger charge is 2.37. The predicted molar refractivity (Wildman–Crippen MR) is 69.2 cm³/mol. The minimum Gasteiger partial charge on any atom is -0.481 e. The molecular formula is C13H26N2O2. The Balaban J connectivity index is 2.75. The summed E-state index contributed by atoms with van der Waals surface area (Å²) in [5, 5.41) is 9.11. The first-order valence-electron chi connectivity index (χ1n) is 6.51. The number of aliphatic carboxylic acids is 1. The summed E-state index contributed by atoms with van der Waals surface area (Å²) in [6, 6.07) is 0.554. The SMILES string of the molecule is CC(C)N1CCCC(CC(=O)O)(N(C)C)CC1. The van der Waals surface area contributed by atoms with Gasteiger partial charge in [-0.2, -0.15) is 0 Å². The summed E-state index contributed by atoms with van der Waals surface area (Å²) in [5.74, 6) is -0.684. The van der Waals surface area contributed by atoms with Gasteiger partial charge in [-0.3, -0.25) is 4.79 Å². The smallest absolute Gasteiger partial charge is 0.305 e. The Morgan fingerprint density at radius 3 is 2.47 bits per heavy atom. The van der Waals surface area contributed by atoms with E-state index >= 15 is 0 Å². The molecule has 1 saturated heterocycles. The standard InChI is InChI=1S/C13H26N2O2/c1-11(2)15-8-5-6-13(7-9-15,14(3)4)10-12(16)17/h11H,5-10H2,1-4H3,(H,16,17). The molecule has 1 fully saturated rings. The molecule has 1 atom stereocenters. The molecule has 4 nitrogen and oxygen atoms in total. The third-order valence-corrected chi connectivity index (χ3v) is 4.11. The zero-order chi connectivity index (χ0) is 13.1. The second kappa shape index (κ2) is 5.83. The minimum absolute atomic E-state index is 0.157. The summed E-state index contributed by atoms with van der Waals surface area (Å²) in [6.07, 6.45) is 3.27. The van der Waals surface area contributed by atoms with Crippen LogP contribution < -0.4 is 0 Å². The van der Waals surface area contributed by atoms with Crippen LogP contribution in [0.15, 0.2) is 0 Å². The van der Waals surface area contributed by atoms with Gasteiger partial charge in [-0.1, -0.05) is 0 Å². The molecule has 0 amide bonds. The molecule has 1 N–H and O–H groups in total. The molecule has 1 rings (SSSR count). The fourth-order valence-corrected chi connectivity index (χ4v) is 2.78. The van der Waals surface area contributed by atoms with Gasteiger partial charge in [-0.15, -0.1) is 0 Å². The van der Waals surface area contributed by atoms with E-state index in [-0.39, 0.29) is 12.0 Å². The van der Waals surface area contributed by atoms with Gasteiger partial charge in [0.2, 0.25) is 0 Å². The van der Waals surface area contributed by atoms with Crippen molar-refractivity contribution in [2.45, 2.75) is 51.1 Å². The molecule has 1 aliphatic heterocycles. The fraction of sp³-hybridized carbons (Fsp3) is 0.923. The molecular weight excluding hydrogens is 216 g/mol. The van der Waals surface area contributed by atoms with Gasteiger partial charge in [0, 0.05) is 18.1 Å². The number of carboxylic acids is 1. The number of rotatable bonds is 4. The number of carboxylic acid groups (broad SMARTS) is 1. The normalized spacial score (nSPS) is 27.4. The highest BCUT2D eigenvalue weighted by molar-refractivity contribution is 5.68. The maximum atomic E-state index is 11.1. The van der Waals surface area contributed by atoms with Crippen LogP contribution in [0.2, 0.25) is 0 Å². The molecule has 0 aromatic carbocycles. The summed E-state index contributed by atoms with van der Waals surface area (Å²) < 4.78 is 0. The molecule has 0 aliphatic carbocycles. The Labute approximate surface area is 105 Å². The van der Waals surface area contributed by atoms with E-state index in [1.165, 1.54) is 0 Å². The maximum Gasteiger partial charge on any atom is 0.305 e. The molecule has 0 bridgehead atoms. The highest BCUT2D eigenvalue weighted by atomic mass is 16.4. The predicted octanol–water partition coefficient (Wildman–Crippen LogP) is 1.66. The van der Waals surface area contributed by atoms with Crippen LogP contribution in [0.25, 0.3) is 0 Å². The lowest BCUT2D eigenvalue weighted by Gasteiger charge is -2.38. The first-order valence-corrected chi connectivity index (χ1v) is 6.51. The van der Waals surface area contributed by atoms with Crippen molar-refractivity contribution in [2.24, 2.45) is 0 Å². The first kappa shape index (κ1) is 14.5. The summed E-state index contributed by atoms with van der Waals surface area (Å²) in [4.78, 5) is 15.6. The maximum absolute atomic E-state index is 11.1. The molecule has 1 aliphatic rings. The van der Waals surface area contributed by atoms with Crippen molar-refractivity contribution in [1.82, 2.24) is 9.80 Å². The van der Waals surface area contributed by atoms with Crippen LogP contribution in [-0.2, 0) is 4.79 Å². The van der Waals surface area contributed by atoms with E-state index in [0.29, 0.717) is 6.04 Å². The Kier molecular flexibility index (Phi) is 4.95. The van der Waals surface area contributed by atoms with Gasteiger partial charge >= 0.3 is 5.97 Å². The summed E-state index contributed by atoms with van der Waals surface area (Å²) in [7, 11) is 4.02. The van der Waals surface area contributed by atoms with Crippen LogP contribution >= 0.6 is 0 Å². The van der Waals surface area contributed by atoms with Crippen molar-refractivity contribution in [1.29, 1.82) is 0 Å². The van der Waals surface area contributed by atoms with E-state index in [1.807, 2.05) is 14.1 Å². The lowest BCUT2D eigenvalue weighted by atomic mass is 9.86. The van der Waals surface area contributed by atoms with Crippen LogP contribution in [0, 0.1) is 0 Å². The molecule has 4 heteroatoms. The second-order valence-corrected chi connectivity index (χ2v) is 5.67. The average Bonchev–Trinajstić information content (AvgIpc) is 2.40. The van der Waals surface area contributed by atoms with Crippen LogP contribution in [-0.4, -0.2) is 59.6 Å². The van der Waals surface area contributed by atoms with E-state index in [9.17, 15) is 4.79 Å². The first-order chi connectivity index (χ1) is 7.87. The van der Waals surface area contributed by atoms with Crippen LogP contribution in [0.1, 0.15) is 39.5 Å². The van der Waals surface area contributed by atoms with E-state index in [0.717, 1.165) is 32.4 Å². The number of hydrogen-bond donors (Lipinski definition) is 1. The second-order valence-electron chi connectivity index (χ2n) is 5.67. The Morgan fingerprint density at radius 2 is 2.00 bits per heavy atom. The van der Waals surface area contributed by atoms with Crippen molar-refractivity contribution in [3.63, 3.8) is 0 Å². The van der Waals surface area contributed by atoms with Crippen LogP contribution in [0.4, 0.5) is 0 Å². The lowest BCUT2D eigenvalue weighted by Crippen LogP contribution is -2.46. The van der Waals surface area contributed by atoms with Crippen molar-refractivity contribution in [3.8, 4) is 0 Å². The van der Waals surface area contributed by atoms with Crippen molar-refractivity contribution >= 4 is 5.97 Å². The van der Waals surface area contributed by atoms with E-state index in [1.54, 1.807) is 0 Å². The summed E-state index contributed by atoms with van der Waals surface area (Å²) >= 11 is 0. The Bertz CT molecular complexity index is 266. The van der Waals surface area contributed by atoms with Crippen LogP contribution in [0.3, 0.4) is 0 Å². The molecule has 0 radical (unpaired) electrons.